The molecule has 0 aromatic carbocycles. The molecule has 2 aliphatic rings. The van der Waals surface area contributed by atoms with Crippen molar-refractivity contribution in [2.75, 3.05) is 31.9 Å². The Morgan fingerprint density at radius 1 is 1.21 bits per heavy atom. The SMILES string of the molecule is Nc1cn[nH]c1C(=O)N1CCN(C(=O)C2CC2)CC1. The number of piperazine rings is 1. The fourth-order valence-corrected chi connectivity index (χ4v) is 2.34. The van der Waals surface area contributed by atoms with Crippen LogP contribution in [-0.2, 0) is 4.79 Å². The zero-order valence-electron chi connectivity index (χ0n) is 10.6. The number of aromatic nitrogens is 2. The van der Waals surface area contributed by atoms with Gasteiger partial charge in [0.2, 0.25) is 5.91 Å². The van der Waals surface area contributed by atoms with Crippen molar-refractivity contribution in [3.05, 3.63) is 11.9 Å². The highest BCUT2D eigenvalue weighted by atomic mass is 16.2. The predicted molar refractivity (Wildman–Crippen MR) is 68.2 cm³/mol. The van der Waals surface area contributed by atoms with Crippen LogP contribution >= 0.6 is 0 Å². The van der Waals surface area contributed by atoms with E-state index < -0.39 is 0 Å². The third kappa shape index (κ3) is 2.27. The molecular weight excluding hydrogens is 246 g/mol. The summed E-state index contributed by atoms with van der Waals surface area (Å²) in [7, 11) is 0. The first kappa shape index (κ1) is 12.0. The molecule has 1 aromatic heterocycles. The molecule has 102 valence electrons. The van der Waals surface area contributed by atoms with Crippen LogP contribution in [0.1, 0.15) is 23.3 Å². The standard InChI is InChI=1S/C12H17N5O2/c13-9-7-14-15-10(9)12(19)17-5-3-16(4-6-17)11(18)8-1-2-8/h7-8H,1-6,13H2,(H,14,15). The van der Waals surface area contributed by atoms with Crippen LogP contribution < -0.4 is 5.73 Å². The first-order valence-corrected chi connectivity index (χ1v) is 6.53. The number of anilines is 1. The highest BCUT2D eigenvalue weighted by molar-refractivity contribution is 5.97. The molecule has 2 heterocycles. The lowest BCUT2D eigenvalue weighted by molar-refractivity contribution is -0.134. The van der Waals surface area contributed by atoms with E-state index in [1.807, 2.05) is 4.90 Å². The van der Waals surface area contributed by atoms with Crippen molar-refractivity contribution in [3.8, 4) is 0 Å². The molecule has 0 bridgehead atoms. The quantitative estimate of drug-likeness (QED) is 0.765. The molecule has 1 saturated carbocycles. The molecule has 0 unspecified atom stereocenters. The van der Waals surface area contributed by atoms with Gasteiger partial charge in [0.1, 0.15) is 5.69 Å². The van der Waals surface area contributed by atoms with E-state index in [1.54, 1.807) is 4.90 Å². The van der Waals surface area contributed by atoms with Gasteiger partial charge in [-0.3, -0.25) is 14.7 Å². The van der Waals surface area contributed by atoms with Gasteiger partial charge in [0, 0.05) is 32.1 Å². The van der Waals surface area contributed by atoms with E-state index >= 15 is 0 Å². The molecule has 7 heteroatoms. The van der Waals surface area contributed by atoms with Gasteiger partial charge in [-0.25, -0.2) is 0 Å². The molecule has 1 aromatic rings. The molecule has 19 heavy (non-hydrogen) atoms. The van der Waals surface area contributed by atoms with Crippen molar-refractivity contribution in [2.45, 2.75) is 12.8 Å². The summed E-state index contributed by atoms with van der Waals surface area (Å²) in [6, 6.07) is 0. The number of H-pyrrole nitrogens is 1. The second kappa shape index (κ2) is 4.56. The highest BCUT2D eigenvalue weighted by Crippen LogP contribution is 2.31. The molecule has 0 spiro atoms. The fraction of sp³-hybridized carbons (Fsp3) is 0.583. The molecule has 2 amide bonds. The van der Waals surface area contributed by atoms with Crippen LogP contribution in [0.3, 0.4) is 0 Å². The van der Waals surface area contributed by atoms with E-state index in [0.29, 0.717) is 37.6 Å². The van der Waals surface area contributed by atoms with Crippen LogP contribution in [-0.4, -0.2) is 58.0 Å². The zero-order chi connectivity index (χ0) is 13.4. The van der Waals surface area contributed by atoms with Gasteiger partial charge in [0.15, 0.2) is 0 Å². The number of hydrogen-bond acceptors (Lipinski definition) is 4. The predicted octanol–water partition coefficient (Wildman–Crippen LogP) is -0.314. The second-order valence-electron chi connectivity index (χ2n) is 5.09. The maximum Gasteiger partial charge on any atom is 0.274 e. The molecule has 1 aliphatic heterocycles. The number of carbonyl (C=O) groups excluding carboxylic acids is 2. The van der Waals surface area contributed by atoms with Crippen molar-refractivity contribution >= 4 is 17.5 Å². The molecule has 3 rings (SSSR count). The van der Waals surface area contributed by atoms with Crippen molar-refractivity contribution in [1.29, 1.82) is 0 Å². The average molecular weight is 263 g/mol. The number of rotatable bonds is 2. The minimum absolute atomic E-state index is 0.145. The lowest BCUT2D eigenvalue weighted by atomic mass is 10.2. The molecule has 0 radical (unpaired) electrons. The molecule has 0 atom stereocenters. The van der Waals surface area contributed by atoms with Gasteiger partial charge in [0.05, 0.1) is 11.9 Å². The lowest BCUT2D eigenvalue weighted by Gasteiger charge is -2.34. The van der Waals surface area contributed by atoms with Gasteiger partial charge in [-0.05, 0) is 12.8 Å². The third-order valence-electron chi connectivity index (χ3n) is 3.69. The summed E-state index contributed by atoms with van der Waals surface area (Å²) in [5.41, 5.74) is 6.36. The van der Waals surface area contributed by atoms with Crippen molar-refractivity contribution in [2.24, 2.45) is 5.92 Å². The van der Waals surface area contributed by atoms with Crippen LogP contribution in [0.2, 0.25) is 0 Å². The maximum absolute atomic E-state index is 12.2. The summed E-state index contributed by atoms with van der Waals surface area (Å²) < 4.78 is 0. The smallest absolute Gasteiger partial charge is 0.274 e. The van der Waals surface area contributed by atoms with E-state index in [1.165, 1.54) is 6.20 Å². The summed E-state index contributed by atoms with van der Waals surface area (Å²) in [5, 5.41) is 6.37. The second-order valence-corrected chi connectivity index (χ2v) is 5.09. The summed E-state index contributed by atoms with van der Waals surface area (Å²) in [6.45, 7) is 2.32. The summed E-state index contributed by atoms with van der Waals surface area (Å²) in [5.74, 6) is 0.340. The topological polar surface area (TPSA) is 95.3 Å². The van der Waals surface area contributed by atoms with Gasteiger partial charge in [-0.1, -0.05) is 0 Å². The summed E-state index contributed by atoms with van der Waals surface area (Å²) in [6.07, 6.45) is 3.46. The van der Waals surface area contributed by atoms with Gasteiger partial charge in [0.25, 0.3) is 5.91 Å². The van der Waals surface area contributed by atoms with Crippen LogP contribution in [0.25, 0.3) is 0 Å². The van der Waals surface area contributed by atoms with E-state index in [4.69, 9.17) is 5.73 Å². The Morgan fingerprint density at radius 3 is 2.37 bits per heavy atom. The Labute approximate surface area is 110 Å². The minimum atomic E-state index is -0.145. The lowest BCUT2D eigenvalue weighted by Crippen LogP contribution is -2.51. The molecular formula is C12H17N5O2. The fourth-order valence-electron chi connectivity index (χ4n) is 2.34. The van der Waals surface area contributed by atoms with Gasteiger partial charge in [-0.15, -0.1) is 0 Å². The van der Waals surface area contributed by atoms with E-state index in [2.05, 4.69) is 10.2 Å². The number of hydrogen-bond donors (Lipinski definition) is 2. The Kier molecular flexibility index (Phi) is 2.88. The Morgan fingerprint density at radius 2 is 1.84 bits per heavy atom. The Hall–Kier alpha value is -2.05. The van der Waals surface area contributed by atoms with Crippen LogP contribution in [0.5, 0.6) is 0 Å². The first-order valence-electron chi connectivity index (χ1n) is 6.53. The van der Waals surface area contributed by atoms with Gasteiger partial charge < -0.3 is 15.5 Å². The van der Waals surface area contributed by atoms with Gasteiger partial charge in [-0.2, -0.15) is 5.10 Å². The minimum Gasteiger partial charge on any atom is -0.396 e. The van der Waals surface area contributed by atoms with E-state index in [0.717, 1.165) is 12.8 Å². The summed E-state index contributed by atoms with van der Waals surface area (Å²) in [4.78, 5) is 27.6. The zero-order valence-corrected chi connectivity index (χ0v) is 10.6. The number of nitrogens with one attached hydrogen (secondary N) is 1. The van der Waals surface area contributed by atoms with Crippen molar-refractivity contribution in [3.63, 3.8) is 0 Å². The van der Waals surface area contributed by atoms with Crippen LogP contribution in [0, 0.1) is 5.92 Å². The molecule has 1 aliphatic carbocycles. The van der Waals surface area contributed by atoms with Crippen molar-refractivity contribution < 1.29 is 9.59 Å². The Bertz CT molecular complexity index is 500. The molecule has 2 fully saturated rings. The number of amides is 2. The number of nitrogens with two attached hydrogens (primary N) is 1. The molecule has 7 nitrogen and oxygen atoms in total. The molecule has 3 N–H and O–H groups in total. The highest BCUT2D eigenvalue weighted by Gasteiger charge is 2.35. The van der Waals surface area contributed by atoms with Crippen LogP contribution in [0.4, 0.5) is 5.69 Å². The van der Waals surface area contributed by atoms with E-state index in [-0.39, 0.29) is 17.7 Å². The monoisotopic (exact) mass is 263 g/mol. The average Bonchev–Trinajstić information content (AvgIpc) is 3.20. The number of carbonyl (C=O) groups is 2. The largest absolute Gasteiger partial charge is 0.396 e. The number of nitrogen functional groups attached to an aromatic ring is 1. The third-order valence-corrected chi connectivity index (χ3v) is 3.69. The first-order chi connectivity index (χ1) is 9.16. The Balaban J connectivity index is 1.59. The van der Waals surface area contributed by atoms with Crippen molar-refractivity contribution in [1.82, 2.24) is 20.0 Å². The van der Waals surface area contributed by atoms with Gasteiger partial charge >= 0.3 is 0 Å². The van der Waals surface area contributed by atoms with E-state index in [9.17, 15) is 9.59 Å². The normalized spacial score (nSPS) is 19.6. The van der Waals surface area contributed by atoms with Crippen LogP contribution in [0.15, 0.2) is 6.20 Å². The number of nitrogens with zero attached hydrogens (tertiary/aromatic N) is 3. The molecule has 1 saturated heterocycles. The summed E-state index contributed by atoms with van der Waals surface area (Å²) >= 11 is 0. The number of aromatic amines is 1. The maximum atomic E-state index is 12.2.